The molecule has 7 nitrogen and oxygen atoms in total. The van der Waals surface area contributed by atoms with E-state index in [0.717, 1.165) is 0 Å². The van der Waals surface area contributed by atoms with E-state index >= 15 is 0 Å². The number of carbonyl (C=O) groups is 1. The molecule has 0 aliphatic rings. The molecule has 2 heterocycles. The van der Waals surface area contributed by atoms with Crippen molar-refractivity contribution in [3.63, 3.8) is 0 Å². The maximum atomic E-state index is 11.6. The van der Waals surface area contributed by atoms with Crippen molar-refractivity contribution in [3.8, 4) is 0 Å². The Labute approximate surface area is 113 Å². The van der Waals surface area contributed by atoms with Gasteiger partial charge in [0.05, 0.1) is 6.61 Å². The molecular weight excluding hydrogens is 268 g/mol. The number of aromatic amines is 1. The van der Waals surface area contributed by atoms with Crippen LogP contribution in [0.4, 0.5) is 0 Å². The Morgan fingerprint density at radius 1 is 1.58 bits per heavy atom. The lowest BCUT2D eigenvalue weighted by Crippen LogP contribution is -2.17. The molecule has 0 radical (unpaired) electrons. The lowest BCUT2D eigenvalue weighted by molar-refractivity contribution is -0.142. The van der Waals surface area contributed by atoms with Crippen molar-refractivity contribution < 1.29 is 9.53 Å². The van der Waals surface area contributed by atoms with E-state index in [1.165, 1.54) is 17.8 Å². The van der Waals surface area contributed by atoms with Crippen molar-refractivity contribution in [1.82, 2.24) is 19.6 Å². The number of H-pyrrole nitrogens is 1. The number of nitrogens with one attached hydrogen (secondary N) is 1. The number of hydrogen-bond acceptors (Lipinski definition) is 6. The fraction of sp³-hybridized carbons (Fsp3) is 0.455. The zero-order chi connectivity index (χ0) is 14.0. The van der Waals surface area contributed by atoms with Crippen LogP contribution in [0.3, 0.4) is 0 Å². The van der Waals surface area contributed by atoms with E-state index in [9.17, 15) is 9.59 Å². The van der Waals surface area contributed by atoms with Crippen molar-refractivity contribution in [2.75, 3.05) is 6.61 Å². The molecule has 2 aromatic rings. The van der Waals surface area contributed by atoms with E-state index < -0.39 is 5.25 Å². The summed E-state index contributed by atoms with van der Waals surface area (Å²) in [7, 11) is 0. The van der Waals surface area contributed by atoms with Crippen molar-refractivity contribution in [1.29, 1.82) is 0 Å². The number of hydrogen-bond donors (Lipinski definition) is 1. The van der Waals surface area contributed by atoms with E-state index in [-0.39, 0.29) is 11.5 Å². The third-order valence-electron chi connectivity index (χ3n) is 2.46. The first-order chi connectivity index (χ1) is 9.02. The van der Waals surface area contributed by atoms with Crippen LogP contribution in [0.2, 0.25) is 0 Å². The van der Waals surface area contributed by atoms with Crippen LogP contribution in [0.1, 0.15) is 19.5 Å². The Morgan fingerprint density at radius 3 is 3.00 bits per heavy atom. The molecule has 0 aliphatic heterocycles. The van der Waals surface area contributed by atoms with Gasteiger partial charge < -0.3 is 4.74 Å². The molecule has 0 saturated carbocycles. The van der Waals surface area contributed by atoms with Crippen molar-refractivity contribution in [2.45, 2.75) is 31.2 Å². The molecule has 0 fully saturated rings. The molecule has 0 spiro atoms. The Morgan fingerprint density at radius 2 is 2.32 bits per heavy atom. The summed E-state index contributed by atoms with van der Waals surface area (Å²) in [4.78, 5) is 25.5. The summed E-state index contributed by atoms with van der Waals surface area (Å²) in [6.07, 6.45) is 0. The van der Waals surface area contributed by atoms with Gasteiger partial charge in [0.15, 0.2) is 5.16 Å². The minimum absolute atomic E-state index is 0.229. The van der Waals surface area contributed by atoms with E-state index in [2.05, 4.69) is 15.2 Å². The van der Waals surface area contributed by atoms with Crippen molar-refractivity contribution in [3.05, 3.63) is 22.1 Å². The third-order valence-corrected chi connectivity index (χ3v) is 3.48. The molecule has 0 aromatic carbocycles. The molecule has 1 atom stereocenters. The van der Waals surface area contributed by atoms with Gasteiger partial charge in [-0.2, -0.15) is 0 Å². The molecule has 8 heteroatoms. The van der Waals surface area contributed by atoms with E-state index in [1.807, 2.05) is 0 Å². The summed E-state index contributed by atoms with van der Waals surface area (Å²) >= 11 is 1.24. The second kappa shape index (κ2) is 5.43. The van der Waals surface area contributed by atoms with E-state index in [0.29, 0.717) is 23.2 Å². The van der Waals surface area contributed by atoms with Gasteiger partial charge in [0.1, 0.15) is 5.25 Å². The molecule has 2 rings (SSSR count). The second-order valence-corrected chi connectivity index (χ2v) is 5.24. The smallest absolute Gasteiger partial charge is 0.319 e. The largest absolute Gasteiger partial charge is 0.465 e. The summed E-state index contributed by atoms with van der Waals surface area (Å²) < 4.78 is 6.64. The fourth-order valence-electron chi connectivity index (χ4n) is 1.61. The van der Waals surface area contributed by atoms with E-state index in [1.54, 1.807) is 25.2 Å². The number of ether oxygens (including phenoxy) is 1. The number of aromatic nitrogens is 4. The summed E-state index contributed by atoms with van der Waals surface area (Å²) in [5.41, 5.74) is 0.481. The first-order valence-electron chi connectivity index (χ1n) is 5.81. The Hall–Kier alpha value is -1.83. The maximum Gasteiger partial charge on any atom is 0.319 e. The minimum atomic E-state index is -0.390. The van der Waals surface area contributed by atoms with Gasteiger partial charge >= 0.3 is 5.97 Å². The standard InChI is InChI=1S/C11H14N4O3S/c1-4-18-9(17)7(3)19-11-14-13-10-12-8(16)5-6(2)15(10)11/h5,7H,4H2,1-3H3,(H,12,13,16)/t7-/m1/s1. The number of esters is 1. The van der Waals surface area contributed by atoms with Gasteiger partial charge in [-0.15, -0.1) is 10.2 Å². The van der Waals surface area contributed by atoms with Crippen LogP contribution in [0, 0.1) is 6.92 Å². The van der Waals surface area contributed by atoms with Crippen LogP contribution in [0.25, 0.3) is 5.78 Å². The first-order valence-corrected chi connectivity index (χ1v) is 6.69. The average Bonchev–Trinajstić information content (AvgIpc) is 2.72. The minimum Gasteiger partial charge on any atom is -0.465 e. The Balaban J connectivity index is 2.31. The number of fused-ring (bicyclic) bond motifs is 1. The van der Waals surface area contributed by atoms with Crippen LogP contribution in [0.15, 0.2) is 16.0 Å². The monoisotopic (exact) mass is 282 g/mol. The van der Waals surface area contributed by atoms with Crippen molar-refractivity contribution in [2.24, 2.45) is 0 Å². The molecular formula is C11H14N4O3S. The Bertz CT molecular complexity index is 663. The number of nitrogens with zero attached hydrogens (tertiary/aromatic N) is 3. The highest BCUT2D eigenvalue weighted by molar-refractivity contribution is 8.00. The topological polar surface area (TPSA) is 89.3 Å². The highest BCUT2D eigenvalue weighted by Gasteiger charge is 2.19. The second-order valence-electron chi connectivity index (χ2n) is 3.93. The van der Waals surface area contributed by atoms with Crippen LogP contribution in [0.5, 0.6) is 0 Å². The van der Waals surface area contributed by atoms with Gasteiger partial charge in [0.2, 0.25) is 5.78 Å². The lowest BCUT2D eigenvalue weighted by atomic mass is 10.4. The molecule has 0 saturated heterocycles. The quantitative estimate of drug-likeness (QED) is 0.658. The molecule has 0 amide bonds. The van der Waals surface area contributed by atoms with Crippen molar-refractivity contribution >= 4 is 23.5 Å². The molecule has 0 unspecified atom stereocenters. The number of aryl methyl sites for hydroxylation is 1. The van der Waals surface area contributed by atoms with Gasteiger partial charge in [0, 0.05) is 11.8 Å². The van der Waals surface area contributed by atoms with Gasteiger partial charge in [0.25, 0.3) is 5.56 Å². The summed E-state index contributed by atoms with van der Waals surface area (Å²) in [5, 5.41) is 8.02. The van der Waals surface area contributed by atoms with Crippen LogP contribution in [-0.2, 0) is 9.53 Å². The Kier molecular flexibility index (Phi) is 3.89. The molecule has 19 heavy (non-hydrogen) atoms. The average molecular weight is 282 g/mol. The summed E-state index contributed by atoms with van der Waals surface area (Å²) in [5.74, 6) is 0.0647. The third kappa shape index (κ3) is 2.78. The van der Waals surface area contributed by atoms with Crippen LogP contribution in [-0.4, -0.2) is 37.4 Å². The first kappa shape index (κ1) is 13.6. The highest BCUT2D eigenvalue weighted by atomic mass is 32.2. The number of thioether (sulfide) groups is 1. The van der Waals surface area contributed by atoms with Crippen LogP contribution >= 0.6 is 11.8 Å². The number of carbonyl (C=O) groups excluding carboxylic acids is 1. The predicted molar refractivity (Wildman–Crippen MR) is 70.3 cm³/mol. The molecule has 102 valence electrons. The molecule has 1 N–H and O–H groups in total. The van der Waals surface area contributed by atoms with Gasteiger partial charge in [-0.3, -0.25) is 19.0 Å². The zero-order valence-corrected chi connectivity index (χ0v) is 11.7. The highest BCUT2D eigenvalue weighted by Crippen LogP contribution is 2.22. The predicted octanol–water partition coefficient (Wildman–Crippen LogP) is 0.770. The summed E-state index contributed by atoms with van der Waals surface area (Å²) in [6, 6.07) is 1.45. The zero-order valence-electron chi connectivity index (χ0n) is 10.8. The summed E-state index contributed by atoms with van der Waals surface area (Å²) in [6.45, 7) is 5.63. The molecule has 2 aromatic heterocycles. The fourth-order valence-corrected chi connectivity index (χ4v) is 2.52. The lowest BCUT2D eigenvalue weighted by Gasteiger charge is -2.09. The van der Waals surface area contributed by atoms with Gasteiger partial charge in [-0.1, -0.05) is 11.8 Å². The number of rotatable bonds is 4. The molecule has 0 aliphatic carbocycles. The normalized spacial score (nSPS) is 12.6. The van der Waals surface area contributed by atoms with Gasteiger partial charge in [-0.05, 0) is 20.8 Å². The van der Waals surface area contributed by atoms with Crippen LogP contribution < -0.4 is 5.56 Å². The van der Waals surface area contributed by atoms with E-state index in [4.69, 9.17) is 4.74 Å². The SMILES string of the molecule is CCOC(=O)[C@@H](C)Sc1nnc2[nH]c(=O)cc(C)n12. The maximum absolute atomic E-state index is 11.6. The molecule has 0 bridgehead atoms. The van der Waals surface area contributed by atoms with Gasteiger partial charge in [-0.25, -0.2) is 0 Å².